The molecule has 0 aromatic heterocycles. The van der Waals surface area contributed by atoms with Gasteiger partial charge < -0.3 is 9.87 Å². The van der Waals surface area contributed by atoms with Crippen LogP contribution in [0.1, 0.15) is 5.56 Å². The van der Waals surface area contributed by atoms with Crippen LogP contribution in [0.15, 0.2) is 24.3 Å². The average Bonchev–Trinajstić information content (AvgIpc) is 2.01. The summed E-state index contributed by atoms with van der Waals surface area (Å²) >= 11 is -1.78. The average molecular weight is 185 g/mol. The number of rotatable bonds is 3. The molecule has 0 aliphatic heterocycles. The fourth-order valence-electron chi connectivity index (χ4n) is 0.900. The summed E-state index contributed by atoms with van der Waals surface area (Å²) in [6, 6.07) is 7.66. The molecule has 0 fully saturated rings. The summed E-state index contributed by atoms with van der Waals surface area (Å²) in [6.07, 6.45) is 0. The fraction of sp³-hybridized carbons (Fsp3) is 0.250. The van der Waals surface area contributed by atoms with Crippen LogP contribution in [0.2, 0.25) is 0 Å². The standard InChI is InChI=1S/C8H11NO2S/c1-7-3-2-4-8(5-7)9-6-12(10)11/h2-5,9H,6H2,1H3,(H,10,11). The van der Waals surface area contributed by atoms with Crippen LogP contribution in [-0.2, 0) is 11.1 Å². The number of hydrogen-bond donors (Lipinski definition) is 2. The van der Waals surface area contributed by atoms with Gasteiger partial charge in [-0.05, 0) is 24.6 Å². The zero-order valence-electron chi connectivity index (χ0n) is 6.78. The molecule has 1 unspecified atom stereocenters. The van der Waals surface area contributed by atoms with Crippen LogP contribution in [0.25, 0.3) is 0 Å². The molecule has 1 aromatic carbocycles. The highest BCUT2D eigenvalue weighted by Crippen LogP contribution is 2.08. The zero-order chi connectivity index (χ0) is 8.97. The lowest BCUT2D eigenvalue weighted by Gasteiger charge is -2.03. The molecule has 0 saturated heterocycles. The highest BCUT2D eigenvalue weighted by atomic mass is 32.2. The van der Waals surface area contributed by atoms with Gasteiger partial charge in [-0.15, -0.1) is 0 Å². The topological polar surface area (TPSA) is 49.3 Å². The predicted octanol–water partition coefficient (Wildman–Crippen LogP) is 1.59. The van der Waals surface area contributed by atoms with E-state index in [0.29, 0.717) is 0 Å². The second-order valence-electron chi connectivity index (χ2n) is 2.51. The third-order valence-electron chi connectivity index (χ3n) is 1.42. The molecule has 4 heteroatoms. The third kappa shape index (κ3) is 3.02. The van der Waals surface area contributed by atoms with E-state index in [0.717, 1.165) is 11.3 Å². The molecule has 0 radical (unpaired) electrons. The summed E-state index contributed by atoms with van der Waals surface area (Å²) in [5.74, 6) is 0.0729. The highest BCUT2D eigenvalue weighted by molar-refractivity contribution is 7.79. The molecule has 0 amide bonds. The smallest absolute Gasteiger partial charge is 0.172 e. The van der Waals surface area contributed by atoms with Crippen LogP contribution in [-0.4, -0.2) is 14.6 Å². The molecular weight excluding hydrogens is 174 g/mol. The second-order valence-corrected chi connectivity index (χ2v) is 3.44. The van der Waals surface area contributed by atoms with Crippen LogP contribution in [0, 0.1) is 6.92 Å². The summed E-state index contributed by atoms with van der Waals surface area (Å²) in [6.45, 7) is 1.97. The first-order chi connectivity index (χ1) is 5.68. The van der Waals surface area contributed by atoms with E-state index in [9.17, 15) is 4.21 Å². The monoisotopic (exact) mass is 185 g/mol. The molecule has 66 valence electrons. The SMILES string of the molecule is Cc1cccc(NCS(=O)O)c1. The van der Waals surface area contributed by atoms with E-state index in [1.807, 2.05) is 31.2 Å². The van der Waals surface area contributed by atoms with E-state index in [1.165, 1.54) is 0 Å². The first-order valence-corrected chi connectivity index (χ1v) is 4.84. The molecule has 0 aliphatic rings. The van der Waals surface area contributed by atoms with Gasteiger partial charge >= 0.3 is 0 Å². The summed E-state index contributed by atoms with van der Waals surface area (Å²) in [7, 11) is 0. The molecule has 12 heavy (non-hydrogen) atoms. The number of aryl methyl sites for hydroxylation is 1. The van der Waals surface area contributed by atoms with Gasteiger partial charge in [0.05, 0.1) is 0 Å². The molecule has 2 N–H and O–H groups in total. The third-order valence-corrected chi connectivity index (χ3v) is 1.81. The Morgan fingerprint density at radius 1 is 1.58 bits per heavy atom. The van der Waals surface area contributed by atoms with Gasteiger partial charge in [0.1, 0.15) is 5.88 Å². The molecule has 0 spiro atoms. The Balaban J connectivity index is 2.57. The van der Waals surface area contributed by atoms with Crippen molar-refractivity contribution in [3.05, 3.63) is 29.8 Å². The van der Waals surface area contributed by atoms with Crippen molar-refractivity contribution in [2.24, 2.45) is 0 Å². The van der Waals surface area contributed by atoms with Crippen molar-refractivity contribution in [3.8, 4) is 0 Å². The van der Waals surface area contributed by atoms with E-state index in [2.05, 4.69) is 5.32 Å². The van der Waals surface area contributed by atoms with Crippen molar-refractivity contribution in [2.75, 3.05) is 11.2 Å². The Morgan fingerprint density at radius 2 is 2.33 bits per heavy atom. The number of nitrogens with one attached hydrogen (secondary N) is 1. The van der Waals surface area contributed by atoms with E-state index in [-0.39, 0.29) is 5.88 Å². The fourth-order valence-corrected chi connectivity index (χ4v) is 1.19. The van der Waals surface area contributed by atoms with Gasteiger partial charge in [-0.1, -0.05) is 12.1 Å². The van der Waals surface area contributed by atoms with Gasteiger partial charge in [0.15, 0.2) is 11.1 Å². The Kier molecular flexibility index (Phi) is 3.25. The van der Waals surface area contributed by atoms with Crippen molar-refractivity contribution in [1.82, 2.24) is 0 Å². The minimum absolute atomic E-state index is 0.0729. The van der Waals surface area contributed by atoms with Crippen molar-refractivity contribution in [2.45, 2.75) is 6.92 Å². The predicted molar refractivity (Wildman–Crippen MR) is 50.4 cm³/mol. The Hall–Kier alpha value is -0.870. The van der Waals surface area contributed by atoms with Gasteiger partial charge in [-0.3, -0.25) is 0 Å². The summed E-state index contributed by atoms with van der Waals surface area (Å²) in [5, 5.41) is 2.83. The number of hydrogen-bond acceptors (Lipinski definition) is 2. The minimum atomic E-state index is -1.78. The van der Waals surface area contributed by atoms with E-state index >= 15 is 0 Å². The second kappa shape index (κ2) is 4.23. The van der Waals surface area contributed by atoms with Crippen molar-refractivity contribution in [1.29, 1.82) is 0 Å². The van der Waals surface area contributed by atoms with E-state index < -0.39 is 11.1 Å². The lowest BCUT2D eigenvalue weighted by molar-refractivity contribution is 0.566. The van der Waals surface area contributed by atoms with Gasteiger partial charge in [0, 0.05) is 5.69 Å². The molecule has 0 bridgehead atoms. The maximum atomic E-state index is 10.3. The van der Waals surface area contributed by atoms with Crippen LogP contribution in [0.5, 0.6) is 0 Å². The van der Waals surface area contributed by atoms with Crippen molar-refractivity contribution >= 4 is 16.8 Å². The number of anilines is 1. The normalized spacial score (nSPS) is 12.5. The molecule has 1 aromatic rings. The molecular formula is C8H11NO2S. The van der Waals surface area contributed by atoms with Crippen LogP contribution in [0.4, 0.5) is 5.69 Å². The van der Waals surface area contributed by atoms with Crippen molar-refractivity contribution < 1.29 is 8.76 Å². The maximum Gasteiger partial charge on any atom is 0.172 e. The van der Waals surface area contributed by atoms with Crippen molar-refractivity contribution in [3.63, 3.8) is 0 Å². The highest BCUT2D eigenvalue weighted by Gasteiger charge is 1.93. The lowest BCUT2D eigenvalue weighted by atomic mass is 10.2. The first kappa shape index (κ1) is 9.22. The van der Waals surface area contributed by atoms with Gasteiger partial charge in [-0.2, -0.15) is 0 Å². The quantitative estimate of drug-likeness (QED) is 0.703. The molecule has 1 atom stereocenters. The Bertz CT molecular complexity index is 288. The lowest BCUT2D eigenvalue weighted by Crippen LogP contribution is -2.06. The summed E-state index contributed by atoms with van der Waals surface area (Å²) in [4.78, 5) is 0. The van der Waals surface area contributed by atoms with Gasteiger partial charge in [0.2, 0.25) is 0 Å². The number of benzene rings is 1. The molecule has 0 aliphatic carbocycles. The molecule has 3 nitrogen and oxygen atoms in total. The van der Waals surface area contributed by atoms with Gasteiger partial charge in [0.25, 0.3) is 0 Å². The van der Waals surface area contributed by atoms with Crippen LogP contribution >= 0.6 is 0 Å². The zero-order valence-corrected chi connectivity index (χ0v) is 7.60. The van der Waals surface area contributed by atoms with Crippen LogP contribution in [0.3, 0.4) is 0 Å². The van der Waals surface area contributed by atoms with E-state index in [1.54, 1.807) is 0 Å². The summed E-state index contributed by atoms with van der Waals surface area (Å²) < 4.78 is 18.8. The van der Waals surface area contributed by atoms with Gasteiger partial charge in [-0.25, -0.2) is 4.21 Å². The van der Waals surface area contributed by atoms with Crippen LogP contribution < -0.4 is 5.32 Å². The first-order valence-electron chi connectivity index (χ1n) is 3.56. The maximum absolute atomic E-state index is 10.3. The molecule has 0 heterocycles. The Labute approximate surface area is 74.1 Å². The molecule has 1 rings (SSSR count). The Morgan fingerprint density at radius 3 is 2.92 bits per heavy atom. The largest absolute Gasteiger partial charge is 0.372 e. The molecule has 0 saturated carbocycles. The summed E-state index contributed by atoms with van der Waals surface area (Å²) in [5.41, 5.74) is 2.00. The van der Waals surface area contributed by atoms with E-state index in [4.69, 9.17) is 4.55 Å². The minimum Gasteiger partial charge on any atom is -0.372 e.